The number of nitrogens with zero attached hydrogens (tertiary/aromatic N) is 5. The molecular formula is C22H30FN5O3. The molecule has 1 saturated carbocycles. The van der Waals surface area contributed by atoms with E-state index in [-0.39, 0.29) is 17.9 Å². The zero-order chi connectivity index (χ0) is 22.3. The number of anilines is 1. The molecule has 9 heteroatoms. The smallest absolute Gasteiger partial charge is 0.332 e. The Morgan fingerprint density at radius 3 is 2.65 bits per heavy atom. The minimum Gasteiger partial charge on any atom is -0.361 e. The Kier molecular flexibility index (Phi) is 5.61. The van der Waals surface area contributed by atoms with Crippen LogP contribution >= 0.6 is 0 Å². The molecule has 2 aromatic rings. The first-order chi connectivity index (χ1) is 14.7. The van der Waals surface area contributed by atoms with E-state index in [2.05, 4.69) is 10.3 Å². The van der Waals surface area contributed by atoms with E-state index < -0.39 is 11.7 Å². The van der Waals surface area contributed by atoms with Gasteiger partial charge in [-0.25, -0.2) is 14.1 Å². The van der Waals surface area contributed by atoms with Crippen LogP contribution in [-0.4, -0.2) is 50.0 Å². The average Bonchev–Trinajstić information content (AvgIpc) is 3.35. The molecule has 2 unspecified atom stereocenters. The summed E-state index contributed by atoms with van der Waals surface area (Å²) in [5.41, 5.74) is 1.15. The summed E-state index contributed by atoms with van der Waals surface area (Å²) < 4.78 is 21.1. The van der Waals surface area contributed by atoms with Crippen molar-refractivity contribution in [2.24, 2.45) is 5.92 Å². The number of urea groups is 1. The molecule has 8 nitrogen and oxygen atoms in total. The highest BCUT2D eigenvalue weighted by Crippen LogP contribution is 2.35. The molecule has 3 heterocycles. The zero-order valence-electron chi connectivity index (χ0n) is 18.6. The number of amides is 3. The number of rotatable bonds is 6. The topological polar surface area (TPSA) is 84.5 Å². The van der Waals surface area contributed by atoms with Crippen LogP contribution in [0.1, 0.15) is 63.0 Å². The predicted molar refractivity (Wildman–Crippen MR) is 112 cm³/mol. The van der Waals surface area contributed by atoms with Gasteiger partial charge in [-0.2, -0.15) is 5.10 Å². The number of carbonyl (C=O) groups is 2. The van der Waals surface area contributed by atoms with Crippen LogP contribution in [0.4, 0.5) is 14.9 Å². The quantitative estimate of drug-likeness (QED) is 0.646. The van der Waals surface area contributed by atoms with Crippen LogP contribution in [0.3, 0.4) is 0 Å². The van der Waals surface area contributed by atoms with Gasteiger partial charge in [-0.15, -0.1) is 0 Å². The third kappa shape index (κ3) is 3.85. The van der Waals surface area contributed by atoms with Crippen LogP contribution in [0.15, 0.2) is 16.9 Å². The van der Waals surface area contributed by atoms with Crippen molar-refractivity contribution in [2.45, 2.75) is 78.1 Å². The van der Waals surface area contributed by atoms with Gasteiger partial charge in [-0.3, -0.25) is 9.48 Å². The second-order valence-corrected chi connectivity index (χ2v) is 9.18. The Hall–Kier alpha value is -2.71. The van der Waals surface area contributed by atoms with Crippen LogP contribution in [0, 0.1) is 19.8 Å². The Balaban J connectivity index is 1.49. The largest absolute Gasteiger partial charge is 0.361 e. The Bertz CT molecular complexity index is 962. The number of carbonyl (C=O) groups excluding carboxylic acids is 2. The van der Waals surface area contributed by atoms with Crippen molar-refractivity contribution in [1.29, 1.82) is 0 Å². The van der Waals surface area contributed by atoms with Crippen LogP contribution in [0.25, 0.3) is 0 Å². The van der Waals surface area contributed by atoms with E-state index >= 15 is 0 Å². The summed E-state index contributed by atoms with van der Waals surface area (Å²) in [5.74, 6) is 0.373. The van der Waals surface area contributed by atoms with E-state index in [1.165, 1.54) is 11.1 Å². The molecule has 2 atom stereocenters. The van der Waals surface area contributed by atoms with Crippen LogP contribution < -0.4 is 4.90 Å². The molecule has 0 spiro atoms. The number of alkyl halides is 1. The summed E-state index contributed by atoms with van der Waals surface area (Å²) in [6.07, 6.45) is 6.35. The van der Waals surface area contributed by atoms with Crippen molar-refractivity contribution in [2.75, 3.05) is 11.4 Å². The lowest BCUT2D eigenvalue weighted by atomic mass is 9.85. The van der Waals surface area contributed by atoms with Gasteiger partial charge in [0.05, 0.1) is 24.1 Å². The highest BCUT2D eigenvalue weighted by molar-refractivity contribution is 6.22. The number of aromatic nitrogens is 3. The molecule has 0 N–H and O–H groups in total. The van der Waals surface area contributed by atoms with Crippen molar-refractivity contribution in [3.8, 4) is 0 Å². The summed E-state index contributed by atoms with van der Waals surface area (Å²) in [5, 5.41) is 8.27. The van der Waals surface area contributed by atoms with E-state index in [1.54, 1.807) is 29.6 Å². The molecule has 31 heavy (non-hydrogen) atoms. The van der Waals surface area contributed by atoms with Crippen LogP contribution in [0.2, 0.25) is 0 Å². The molecule has 0 radical (unpaired) electrons. The van der Waals surface area contributed by atoms with Crippen molar-refractivity contribution in [1.82, 2.24) is 19.8 Å². The number of hydrogen-bond acceptors (Lipinski definition) is 5. The predicted octanol–water partition coefficient (Wildman–Crippen LogP) is 4.00. The van der Waals surface area contributed by atoms with E-state index in [0.29, 0.717) is 37.4 Å². The van der Waals surface area contributed by atoms with Gasteiger partial charge in [0, 0.05) is 18.3 Å². The van der Waals surface area contributed by atoms with Gasteiger partial charge < -0.3 is 9.42 Å². The monoisotopic (exact) mass is 431 g/mol. The third-order valence-electron chi connectivity index (χ3n) is 6.74. The summed E-state index contributed by atoms with van der Waals surface area (Å²) in [6, 6.07) is -0.377. The molecule has 1 saturated heterocycles. The normalized spacial score (nSPS) is 23.8. The van der Waals surface area contributed by atoms with Crippen molar-refractivity contribution in [3.63, 3.8) is 0 Å². The van der Waals surface area contributed by atoms with Gasteiger partial charge in [0.1, 0.15) is 17.5 Å². The Morgan fingerprint density at radius 2 is 1.97 bits per heavy atom. The first-order valence-electron chi connectivity index (χ1n) is 10.9. The molecule has 4 rings (SSSR count). The maximum Gasteiger partial charge on any atom is 0.332 e. The molecule has 2 aliphatic rings. The fourth-order valence-corrected chi connectivity index (χ4v) is 4.67. The molecule has 2 aromatic heterocycles. The fourth-order valence-electron chi connectivity index (χ4n) is 4.67. The van der Waals surface area contributed by atoms with E-state index in [0.717, 1.165) is 30.5 Å². The standard InChI is InChI=1S/C22H30FN5O3/c1-14-18(15(2)31-25-14)13-26-12-17(11-24-26)28-20(29)22(3,4)27(21(28)30)10-9-16-7-5-6-8-19(16)23/h11-12,16,19H,5-10,13H2,1-4H3. The van der Waals surface area contributed by atoms with Gasteiger partial charge in [0.15, 0.2) is 0 Å². The molecule has 168 valence electrons. The number of imide groups is 1. The van der Waals surface area contributed by atoms with Gasteiger partial charge in [-0.1, -0.05) is 18.0 Å². The number of aryl methyl sites for hydroxylation is 2. The lowest BCUT2D eigenvalue weighted by Crippen LogP contribution is -2.45. The highest BCUT2D eigenvalue weighted by atomic mass is 19.1. The van der Waals surface area contributed by atoms with Crippen molar-refractivity contribution >= 4 is 17.6 Å². The average molecular weight is 432 g/mol. The minimum atomic E-state index is -0.985. The highest BCUT2D eigenvalue weighted by Gasteiger charge is 2.52. The number of hydrogen-bond donors (Lipinski definition) is 0. The van der Waals surface area contributed by atoms with E-state index in [1.807, 2.05) is 13.8 Å². The summed E-state index contributed by atoms with van der Waals surface area (Å²) in [7, 11) is 0. The first-order valence-corrected chi connectivity index (χ1v) is 10.9. The molecule has 3 amide bonds. The van der Waals surface area contributed by atoms with Gasteiger partial charge in [-0.05, 0) is 52.9 Å². The number of halogens is 1. The van der Waals surface area contributed by atoms with Gasteiger partial charge in [0.2, 0.25) is 0 Å². The van der Waals surface area contributed by atoms with E-state index in [9.17, 15) is 14.0 Å². The third-order valence-corrected chi connectivity index (χ3v) is 6.74. The van der Waals surface area contributed by atoms with Crippen LogP contribution in [-0.2, 0) is 11.3 Å². The van der Waals surface area contributed by atoms with Crippen molar-refractivity contribution in [3.05, 3.63) is 29.4 Å². The second kappa shape index (κ2) is 8.09. The summed E-state index contributed by atoms with van der Waals surface area (Å²) in [4.78, 5) is 29.1. The summed E-state index contributed by atoms with van der Waals surface area (Å²) >= 11 is 0. The summed E-state index contributed by atoms with van der Waals surface area (Å²) in [6.45, 7) is 7.99. The van der Waals surface area contributed by atoms with Crippen molar-refractivity contribution < 1.29 is 18.5 Å². The fraction of sp³-hybridized carbons (Fsp3) is 0.636. The maximum absolute atomic E-state index is 14.2. The molecule has 0 bridgehead atoms. The maximum atomic E-state index is 14.2. The molecule has 1 aliphatic carbocycles. The minimum absolute atomic E-state index is 0.0423. The molecular weight excluding hydrogens is 401 g/mol. The lowest BCUT2D eigenvalue weighted by molar-refractivity contribution is -0.123. The van der Waals surface area contributed by atoms with Gasteiger partial charge >= 0.3 is 6.03 Å². The van der Waals surface area contributed by atoms with E-state index in [4.69, 9.17) is 4.52 Å². The molecule has 2 fully saturated rings. The molecule has 1 aliphatic heterocycles. The first kappa shape index (κ1) is 21.5. The Labute approximate surface area is 181 Å². The van der Waals surface area contributed by atoms with Crippen LogP contribution in [0.5, 0.6) is 0 Å². The molecule has 0 aromatic carbocycles. The second-order valence-electron chi connectivity index (χ2n) is 9.18. The lowest BCUT2D eigenvalue weighted by Gasteiger charge is -2.31. The zero-order valence-corrected chi connectivity index (χ0v) is 18.6. The SMILES string of the molecule is Cc1noc(C)c1Cn1cc(N2C(=O)N(CCC3CCCCC3F)C(C)(C)C2=O)cn1. The Morgan fingerprint density at radius 1 is 1.23 bits per heavy atom. The van der Waals surface area contributed by atoms with Gasteiger partial charge in [0.25, 0.3) is 5.91 Å².